The summed E-state index contributed by atoms with van der Waals surface area (Å²) in [6, 6.07) is 0. The van der Waals surface area contributed by atoms with E-state index in [1.807, 2.05) is 0 Å². The first-order valence-corrected chi connectivity index (χ1v) is 4.45. The lowest BCUT2D eigenvalue weighted by atomic mass is 9.92. The van der Waals surface area contributed by atoms with Crippen LogP contribution in [0.5, 0.6) is 0 Å². The number of imidazole rings is 1. The van der Waals surface area contributed by atoms with Gasteiger partial charge < -0.3 is 15.1 Å². The summed E-state index contributed by atoms with van der Waals surface area (Å²) < 4.78 is 0. The summed E-state index contributed by atoms with van der Waals surface area (Å²) >= 11 is 0. The Morgan fingerprint density at radius 1 is 1.36 bits per heavy atom. The summed E-state index contributed by atoms with van der Waals surface area (Å²) in [7, 11) is 0. The molecule has 5 nitrogen and oxygen atoms in total. The van der Waals surface area contributed by atoms with E-state index in [2.05, 4.69) is 9.97 Å². The topological polar surface area (TPSA) is 86.0 Å². The zero-order valence-electron chi connectivity index (χ0n) is 8.42. The van der Waals surface area contributed by atoms with Crippen LogP contribution in [0.25, 0.3) is 0 Å². The van der Waals surface area contributed by atoms with E-state index in [0.29, 0.717) is 11.4 Å². The number of aryl methyl sites for hydroxylation is 1. The number of hydrogen-bond acceptors (Lipinski definition) is 2. The molecule has 0 spiro atoms. The van der Waals surface area contributed by atoms with Crippen LogP contribution in [0.3, 0.4) is 0 Å². The van der Waals surface area contributed by atoms with Gasteiger partial charge in [0.2, 0.25) is 0 Å². The molecule has 0 fully saturated rings. The second-order valence-corrected chi connectivity index (χ2v) is 3.53. The number of hydrogen-bond donors (Lipinski definition) is 3. The van der Waals surface area contributed by atoms with Crippen molar-refractivity contribution in [2.45, 2.75) is 26.7 Å². The molecule has 0 amide bonds. The minimum absolute atomic E-state index is 0.202. The fourth-order valence-corrected chi connectivity index (χ4v) is 1.40. The smallest absolute Gasteiger partial charge is 0.323 e. The largest absolute Gasteiger partial charge is 0.481 e. The van der Waals surface area contributed by atoms with E-state index in [9.17, 15) is 9.59 Å². The van der Waals surface area contributed by atoms with Crippen LogP contribution in [0.1, 0.15) is 31.2 Å². The standard InChI is InChI=1S/C9H14N2O3/c1-4(5(2)8(12)13)7-6(3)10-9(14)11-7/h4-5H,1-3H3,(H,12,13)(H2,10,11,14). The van der Waals surface area contributed by atoms with Crippen molar-refractivity contribution in [1.29, 1.82) is 0 Å². The first-order chi connectivity index (χ1) is 6.43. The van der Waals surface area contributed by atoms with Gasteiger partial charge in [0.15, 0.2) is 0 Å². The van der Waals surface area contributed by atoms with Gasteiger partial charge in [-0.05, 0) is 6.92 Å². The molecular weight excluding hydrogens is 184 g/mol. The van der Waals surface area contributed by atoms with Crippen molar-refractivity contribution in [1.82, 2.24) is 9.97 Å². The molecular formula is C9H14N2O3. The van der Waals surface area contributed by atoms with E-state index in [0.717, 1.165) is 0 Å². The lowest BCUT2D eigenvalue weighted by Gasteiger charge is -2.14. The zero-order chi connectivity index (χ0) is 10.9. The summed E-state index contributed by atoms with van der Waals surface area (Å²) in [5, 5.41) is 8.81. The molecule has 1 aromatic heterocycles. The van der Waals surface area contributed by atoms with Gasteiger partial charge in [0.25, 0.3) is 0 Å². The minimum atomic E-state index is -0.862. The number of rotatable bonds is 3. The molecule has 1 rings (SSSR count). The molecule has 0 aromatic carbocycles. The van der Waals surface area contributed by atoms with Gasteiger partial charge >= 0.3 is 11.7 Å². The van der Waals surface area contributed by atoms with Crippen LogP contribution < -0.4 is 5.69 Å². The van der Waals surface area contributed by atoms with Crippen LogP contribution in [0.2, 0.25) is 0 Å². The molecule has 2 unspecified atom stereocenters. The van der Waals surface area contributed by atoms with Crippen LogP contribution in [0.15, 0.2) is 4.79 Å². The van der Waals surface area contributed by atoms with Gasteiger partial charge in [0.05, 0.1) is 5.92 Å². The average Bonchev–Trinajstić information content (AvgIpc) is 2.42. The van der Waals surface area contributed by atoms with Gasteiger partial charge in [-0.2, -0.15) is 0 Å². The van der Waals surface area contributed by atoms with Crippen molar-refractivity contribution in [2.24, 2.45) is 5.92 Å². The SMILES string of the molecule is Cc1[nH]c(=O)[nH]c1C(C)C(C)C(=O)O. The lowest BCUT2D eigenvalue weighted by Crippen LogP contribution is -2.18. The molecule has 0 bridgehead atoms. The molecule has 0 saturated carbocycles. The van der Waals surface area contributed by atoms with Gasteiger partial charge in [0.1, 0.15) is 0 Å². The van der Waals surface area contributed by atoms with Gasteiger partial charge in [-0.3, -0.25) is 4.79 Å². The third-order valence-electron chi connectivity index (χ3n) is 2.55. The van der Waals surface area contributed by atoms with E-state index < -0.39 is 11.9 Å². The summed E-state index contributed by atoms with van der Waals surface area (Å²) in [6.07, 6.45) is 0. The predicted octanol–water partition coefficient (Wildman–Crippen LogP) is 0.836. The van der Waals surface area contributed by atoms with Crippen LogP contribution >= 0.6 is 0 Å². The number of aromatic nitrogens is 2. The number of aliphatic carboxylic acids is 1. The Bertz CT molecular complexity index is 391. The predicted molar refractivity (Wildman–Crippen MR) is 51.4 cm³/mol. The third kappa shape index (κ3) is 1.86. The summed E-state index contributed by atoms with van der Waals surface area (Å²) in [4.78, 5) is 26.9. The monoisotopic (exact) mass is 198 g/mol. The Morgan fingerprint density at radius 3 is 2.29 bits per heavy atom. The quantitative estimate of drug-likeness (QED) is 0.672. The van der Waals surface area contributed by atoms with Crippen molar-refractivity contribution in [3.63, 3.8) is 0 Å². The highest BCUT2D eigenvalue weighted by Gasteiger charge is 2.23. The van der Waals surface area contributed by atoms with E-state index in [1.165, 1.54) is 0 Å². The summed E-state index contributed by atoms with van der Waals surface area (Å²) in [6.45, 7) is 5.15. The van der Waals surface area contributed by atoms with Gasteiger partial charge in [-0.1, -0.05) is 13.8 Å². The Labute approximate surface area is 81.2 Å². The number of nitrogens with one attached hydrogen (secondary N) is 2. The maximum absolute atomic E-state index is 10.9. The van der Waals surface area contributed by atoms with Crippen molar-refractivity contribution in [3.05, 3.63) is 21.9 Å². The number of aromatic amines is 2. The Morgan fingerprint density at radius 2 is 1.93 bits per heavy atom. The molecule has 0 radical (unpaired) electrons. The van der Waals surface area contributed by atoms with Crippen LogP contribution in [-0.2, 0) is 4.79 Å². The van der Waals surface area contributed by atoms with Crippen molar-refractivity contribution >= 4 is 5.97 Å². The van der Waals surface area contributed by atoms with Crippen LogP contribution in [0, 0.1) is 12.8 Å². The van der Waals surface area contributed by atoms with E-state index in [4.69, 9.17) is 5.11 Å². The average molecular weight is 198 g/mol. The molecule has 0 aliphatic carbocycles. The first-order valence-electron chi connectivity index (χ1n) is 4.45. The highest BCUT2D eigenvalue weighted by molar-refractivity contribution is 5.70. The highest BCUT2D eigenvalue weighted by atomic mass is 16.4. The van der Waals surface area contributed by atoms with Gasteiger partial charge in [-0.15, -0.1) is 0 Å². The minimum Gasteiger partial charge on any atom is -0.481 e. The Balaban J connectivity index is 2.99. The lowest BCUT2D eigenvalue weighted by molar-refractivity contribution is -0.141. The molecule has 1 heterocycles. The van der Waals surface area contributed by atoms with Gasteiger partial charge in [-0.25, -0.2) is 4.79 Å². The zero-order valence-corrected chi connectivity index (χ0v) is 8.42. The van der Waals surface area contributed by atoms with E-state index in [1.54, 1.807) is 20.8 Å². The molecule has 78 valence electrons. The van der Waals surface area contributed by atoms with Gasteiger partial charge in [0, 0.05) is 17.3 Å². The van der Waals surface area contributed by atoms with E-state index >= 15 is 0 Å². The second-order valence-electron chi connectivity index (χ2n) is 3.53. The van der Waals surface area contributed by atoms with Crippen molar-refractivity contribution in [3.8, 4) is 0 Å². The first kappa shape index (κ1) is 10.6. The Kier molecular flexibility index (Phi) is 2.78. The number of carboxylic acid groups (broad SMARTS) is 1. The molecule has 3 N–H and O–H groups in total. The Hall–Kier alpha value is -1.52. The molecule has 0 saturated heterocycles. The number of carboxylic acids is 1. The molecule has 14 heavy (non-hydrogen) atoms. The molecule has 0 aliphatic rings. The fourth-order valence-electron chi connectivity index (χ4n) is 1.40. The maximum atomic E-state index is 10.9. The molecule has 0 aliphatic heterocycles. The van der Waals surface area contributed by atoms with Crippen LogP contribution in [0.4, 0.5) is 0 Å². The number of carbonyl (C=O) groups is 1. The van der Waals surface area contributed by atoms with Crippen molar-refractivity contribution < 1.29 is 9.90 Å². The highest BCUT2D eigenvalue weighted by Crippen LogP contribution is 2.23. The van der Waals surface area contributed by atoms with E-state index in [-0.39, 0.29) is 11.6 Å². The van der Waals surface area contributed by atoms with Crippen molar-refractivity contribution in [2.75, 3.05) is 0 Å². The number of H-pyrrole nitrogens is 2. The normalized spacial score (nSPS) is 15.1. The maximum Gasteiger partial charge on any atom is 0.323 e. The third-order valence-corrected chi connectivity index (χ3v) is 2.55. The second kappa shape index (κ2) is 3.69. The fraction of sp³-hybridized carbons (Fsp3) is 0.556. The summed E-state index contributed by atoms with van der Waals surface area (Å²) in [5.41, 5.74) is 1.09. The molecule has 2 atom stereocenters. The van der Waals surface area contributed by atoms with Crippen LogP contribution in [-0.4, -0.2) is 21.0 Å². The molecule has 1 aromatic rings. The molecule has 5 heteroatoms. The summed E-state index contributed by atoms with van der Waals surface area (Å²) in [5.74, 6) is -1.58.